The first-order valence-electron chi connectivity index (χ1n) is 6.22. The molecule has 0 bridgehead atoms. The van der Waals surface area contributed by atoms with Gasteiger partial charge in [-0.25, -0.2) is 0 Å². The van der Waals surface area contributed by atoms with Gasteiger partial charge in [-0.3, -0.25) is 4.90 Å². The molecule has 3 nitrogen and oxygen atoms in total. The van der Waals surface area contributed by atoms with Crippen molar-refractivity contribution in [2.24, 2.45) is 5.73 Å². The van der Waals surface area contributed by atoms with Crippen molar-refractivity contribution in [2.75, 3.05) is 6.54 Å². The first-order valence-corrected chi connectivity index (χ1v) is 6.22. The minimum absolute atomic E-state index is 0.247. The first-order chi connectivity index (χ1) is 7.66. The summed E-state index contributed by atoms with van der Waals surface area (Å²) in [4.78, 5) is 2.46. The second-order valence-corrected chi connectivity index (χ2v) is 4.91. The lowest BCUT2D eigenvalue weighted by Gasteiger charge is -2.37. The van der Waals surface area contributed by atoms with Gasteiger partial charge in [0.15, 0.2) is 0 Å². The van der Waals surface area contributed by atoms with Crippen molar-refractivity contribution < 1.29 is 4.42 Å². The van der Waals surface area contributed by atoms with E-state index in [9.17, 15) is 0 Å². The maximum absolute atomic E-state index is 6.04. The molecule has 0 aliphatic carbocycles. The molecule has 3 heteroatoms. The molecule has 2 N–H and O–H groups in total. The van der Waals surface area contributed by atoms with E-state index in [0.29, 0.717) is 6.04 Å². The monoisotopic (exact) mass is 222 g/mol. The Bertz CT molecular complexity index is 332. The molecule has 0 spiro atoms. The van der Waals surface area contributed by atoms with Crippen LogP contribution in [0.5, 0.6) is 0 Å². The van der Waals surface area contributed by atoms with Gasteiger partial charge in [0.25, 0.3) is 0 Å². The number of aryl methyl sites for hydroxylation is 1. The number of likely N-dealkylation sites (tertiary alicyclic amines) is 1. The lowest BCUT2D eigenvalue weighted by atomic mass is 9.97. The van der Waals surface area contributed by atoms with Gasteiger partial charge < -0.3 is 10.2 Å². The number of hydrogen-bond acceptors (Lipinski definition) is 3. The van der Waals surface area contributed by atoms with E-state index in [0.717, 1.165) is 24.6 Å². The first kappa shape index (κ1) is 11.7. The van der Waals surface area contributed by atoms with Crippen LogP contribution in [0.1, 0.15) is 37.7 Å². The molecular weight excluding hydrogens is 200 g/mol. The molecule has 1 aromatic rings. The van der Waals surface area contributed by atoms with Gasteiger partial charge in [-0.15, -0.1) is 0 Å². The highest BCUT2D eigenvalue weighted by Gasteiger charge is 2.25. The summed E-state index contributed by atoms with van der Waals surface area (Å²) in [6.07, 6.45) is 3.81. The highest BCUT2D eigenvalue weighted by atomic mass is 16.3. The van der Waals surface area contributed by atoms with Crippen molar-refractivity contribution in [2.45, 2.75) is 51.7 Å². The number of nitrogens with two attached hydrogens (primary N) is 1. The molecule has 16 heavy (non-hydrogen) atoms. The Morgan fingerprint density at radius 1 is 1.50 bits per heavy atom. The molecule has 1 saturated heterocycles. The number of furan rings is 1. The van der Waals surface area contributed by atoms with Crippen LogP contribution in [0, 0.1) is 6.92 Å². The Balaban J connectivity index is 2.01. The smallest absolute Gasteiger partial charge is 0.118 e. The summed E-state index contributed by atoms with van der Waals surface area (Å²) in [6, 6.07) is 4.86. The van der Waals surface area contributed by atoms with E-state index in [1.165, 1.54) is 19.3 Å². The van der Waals surface area contributed by atoms with Gasteiger partial charge in [0.1, 0.15) is 11.5 Å². The summed E-state index contributed by atoms with van der Waals surface area (Å²) < 4.78 is 5.63. The Hall–Kier alpha value is -0.800. The fourth-order valence-electron chi connectivity index (χ4n) is 2.58. The van der Waals surface area contributed by atoms with E-state index in [-0.39, 0.29) is 6.04 Å². The Labute approximate surface area is 97.6 Å². The third-order valence-corrected chi connectivity index (χ3v) is 3.43. The zero-order valence-electron chi connectivity index (χ0n) is 10.3. The molecule has 0 aromatic carbocycles. The predicted molar refractivity (Wildman–Crippen MR) is 65.1 cm³/mol. The van der Waals surface area contributed by atoms with Crippen LogP contribution in [0.25, 0.3) is 0 Å². The topological polar surface area (TPSA) is 42.4 Å². The third kappa shape index (κ3) is 2.66. The summed E-state index contributed by atoms with van der Waals surface area (Å²) in [6.45, 7) is 6.14. The molecule has 1 aliphatic rings. The predicted octanol–water partition coefficient (Wildman–Crippen LogP) is 2.29. The van der Waals surface area contributed by atoms with Gasteiger partial charge >= 0.3 is 0 Å². The van der Waals surface area contributed by atoms with Crippen LogP contribution in [0.3, 0.4) is 0 Å². The quantitative estimate of drug-likeness (QED) is 0.853. The third-order valence-electron chi connectivity index (χ3n) is 3.43. The molecule has 2 unspecified atom stereocenters. The fourth-order valence-corrected chi connectivity index (χ4v) is 2.58. The normalized spacial score (nSPS) is 24.6. The second-order valence-electron chi connectivity index (χ2n) is 4.91. The van der Waals surface area contributed by atoms with Gasteiger partial charge in [-0.05, 0) is 45.4 Å². The molecule has 90 valence electrons. The molecule has 0 amide bonds. The van der Waals surface area contributed by atoms with Crippen LogP contribution in [-0.2, 0) is 6.54 Å². The van der Waals surface area contributed by atoms with E-state index in [1.807, 2.05) is 13.0 Å². The molecule has 2 rings (SSSR count). The average Bonchev–Trinajstić information content (AvgIpc) is 2.64. The van der Waals surface area contributed by atoms with Crippen LogP contribution < -0.4 is 5.73 Å². The lowest BCUT2D eigenvalue weighted by Crippen LogP contribution is -2.48. The maximum atomic E-state index is 6.04. The van der Waals surface area contributed by atoms with Gasteiger partial charge in [0.2, 0.25) is 0 Å². The highest BCUT2D eigenvalue weighted by Crippen LogP contribution is 2.21. The van der Waals surface area contributed by atoms with Gasteiger partial charge in [-0.2, -0.15) is 0 Å². The minimum atomic E-state index is 0.247. The molecule has 0 radical (unpaired) electrons. The van der Waals surface area contributed by atoms with Crippen LogP contribution in [0.15, 0.2) is 16.5 Å². The number of hydrogen-bond donors (Lipinski definition) is 1. The molecule has 2 heterocycles. The van der Waals surface area contributed by atoms with Gasteiger partial charge in [0.05, 0.1) is 6.54 Å². The second kappa shape index (κ2) is 5.02. The average molecular weight is 222 g/mol. The molecule has 1 fully saturated rings. The van der Waals surface area contributed by atoms with Crippen molar-refractivity contribution in [3.8, 4) is 0 Å². The number of nitrogens with zero attached hydrogens (tertiary/aromatic N) is 1. The Morgan fingerprint density at radius 2 is 2.31 bits per heavy atom. The van der Waals surface area contributed by atoms with Crippen molar-refractivity contribution in [3.05, 3.63) is 23.7 Å². The molecular formula is C13H22N2O. The summed E-state index contributed by atoms with van der Waals surface area (Å²) in [7, 11) is 0. The van der Waals surface area contributed by atoms with E-state index in [4.69, 9.17) is 10.2 Å². The zero-order valence-corrected chi connectivity index (χ0v) is 10.3. The standard InChI is InChI=1S/C13H22N2O/c1-10-6-7-12(16-10)9-15-8-4-3-5-13(15)11(2)14/h6-7,11,13H,3-5,8-9,14H2,1-2H3. The van der Waals surface area contributed by atoms with E-state index >= 15 is 0 Å². The van der Waals surface area contributed by atoms with Crippen molar-refractivity contribution >= 4 is 0 Å². The maximum Gasteiger partial charge on any atom is 0.118 e. The Morgan fingerprint density at radius 3 is 2.94 bits per heavy atom. The summed E-state index contributed by atoms with van der Waals surface area (Å²) >= 11 is 0. The summed E-state index contributed by atoms with van der Waals surface area (Å²) in [5.74, 6) is 2.05. The van der Waals surface area contributed by atoms with E-state index in [2.05, 4.69) is 17.9 Å². The van der Waals surface area contributed by atoms with Crippen LogP contribution in [0.2, 0.25) is 0 Å². The van der Waals surface area contributed by atoms with Crippen molar-refractivity contribution in [1.29, 1.82) is 0 Å². The summed E-state index contributed by atoms with van der Waals surface area (Å²) in [5, 5.41) is 0. The van der Waals surface area contributed by atoms with Crippen molar-refractivity contribution in [3.63, 3.8) is 0 Å². The Kier molecular flexibility index (Phi) is 3.66. The number of rotatable bonds is 3. The fraction of sp³-hybridized carbons (Fsp3) is 0.692. The SMILES string of the molecule is Cc1ccc(CN2CCCCC2C(C)N)o1. The highest BCUT2D eigenvalue weighted by molar-refractivity contribution is 5.06. The zero-order chi connectivity index (χ0) is 11.5. The van der Waals surface area contributed by atoms with Gasteiger partial charge in [0, 0.05) is 12.1 Å². The largest absolute Gasteiger partial charge is 0.465 e. The summed E-state index contributed by atoms with van der Waals surface area (Å²) in [5.41, 5.74) is 6.04. The molecule has 2 atom stereocenters. The molecule has 1 aliphatic heterocycles. The van der Waals surface area contributed by atoms with Crippen LogP contribution in [-0.4, -0.2) is 23.5 Å². The molecule has 1 aromatic heterocycles. The van der Waals surface area contributed by atoms with E-state index in [1.54, 1.807) is 0 Å². The lowest BCUT2D eigenvalue weighted by molar-refractivity contribution is 0.114. The van der Waals surface area contributed by atoms with Crippen molar-refractivity contribution in [1.82, 2.24) is 4.90 Å². The van der Waals surface area contributed by atoms with Crippen LogP contribution in [0.4, 0.5) is 0 Å². The van der Waals surface area contributed by atoms with Crippen LogP contribution >= 0.6 is 0 Å². The molecule has 0 saturated carbocycles. The van der Waals surface area contributed by atoms with Gasteiger partial charge in [-0.1, -0.05) is 6.42 Å². The number of piperidine rings is 1. The van der Waals surface area contributed by atoms with E-state index < -0.39 is 0 Å². The minimum Gasteiger partial charge on any atom is -0.465 e.